The third-order valence-corrected chi connectivity index (χ3v) is 11.3. The second kappa shape index (κ2) is 22.4. The quantitative estimate of drug-likeness (QED) is 0.138. The van der Waals surface area contributed by atoms with Crippen LogP contribution in [-0.4, -0.2) is 90.0 Å². The Bertz CT molecular complexity index is 1950. The minimum Gasteiger partial charge on any atom is -0.481 e. The van der Waals surface area contributed by atoms with Crippen molar-refractivity contribution in [2.24, 2.45) is 5.92 Å². The zero-order chi connectivity index (χ0) is 43.3. The van der Waals surface area contributed by atoms with Gasteiger partial charge in [0.2, 0.25) is 11.8 Å². The molecule has 2 heterocycles. The second-order valence-corrected chi connectivity index (χ2v) is 15.0. The fraction of sp³-hybridized carbons (Fsp3) is 0.478. The molecule has 3 amide bonds. The van der Waals surface area contributed by atoms with E-state index in [1.807, 2.05) is 71.9 Å². The highest BCUT2D eigenvalue weighted by Gasteiger charge is 2.33. The molecule has 0 spiro atoms. The molecular weight excluding hydrogens is 752 g/mol. The van der Waals surface area contributed by atoms with Gasteiger partial charge in [-0.3, -0.25) is 24.2 Å². The number of likely N-dealkylation sites (N-methyl/N-ethyl adjacent to an activating group) is 1. The zero-order valence-electron chi connectivity index (χ0n) is 36.5. The van der Waals surface area contributed by atoms with Crippen LogP contribution in [0.1, 0.15) is 96.4 Å². The average Bonchev–Trinajstić information content (AvgIpc) is 3.68. The number of hydrogen-bond donors (Lipinski definition) is 3. The first-order chi connectivity index (χ1) is 27.7. The molecule has 1 aromatic heterocycles. The summed E-state index contributed by atoms with van der Waals surface area (Å²) in [5.74, 6) is 0.280. The molecule has 0 bridgehead atoms. The normalized spacial score (nSPS) is 15.7. The van der Waals surface area contributed by atoms with Crippen molar-refractivity contribution in [2.45, 2.75) is 99.1 Å². The molecular formula is C46H65ClN6O5. The molecule has 0 radical (unpaired) electrons. The summed E-state index contributed by atoms with van der Waals surface area (Å²) in [5.41, 5.74) is 6.82. The van der Waals surface area contributed by atoms with Gasteiger partial charge >= 0.3 is 0 Å². The number of halogens is 1. The lowest BCUT2D eigenvalue weighted by Crippen LogP contribution is -2.41. The molecule has 0 saturated carbocycles. The van der Waals surface area contributed by atoms with Gasteiger partial charge in [0, 0.05) is 73.8 Å². The predicted octanol–water partition coefficient (Wildman–Crippen LogP) is 8.75. The van der Waals surface area contributed by atoms with Gasteiger partial charge in [0.25, 0.3) is 11.8 Å². The van der Waals surface area contributed by atoms with Crippen molar-refractivity contribution < 1.29 is 24.2 Å². The predicted molar refractivity (Wildman–Crippen MR) is 237 cm³/mol. The minimum atomic E-state index is -0.506. The van der Waals surface area contributed by atoms with Crippen LogP contribution in [0.2, 0.25) is 5.02 Å². The Morgan fingerprint density at radius 1 is 1.09 bits per heavy atom. The standard InChI is InChI=1S/C41H51ClN6O4.C3H8O.C2H6/c1-10-24(3)38(49)43-28(11-2)20-21-46(6)35-19-18-27-22-34(45-40(52-9)36(27)35)31-16-12-15-30(37(31)42)29-14-13-17-33(25(29)4)44-39(50)32-23-47(7)26(5)48(8)41(32)51;1-2-3-4;1-2/h12-17,22-24,28,35H,5,10-11,18-21H2,1-4,6-9H3,(H,43,49)(H,44,50);4H,2-3H2,1H3;1-2H3. The van der Waals surface area contributed by atoms with Crippen LogP contribution in [0, 0.1) is 12.8 Å². The molecule has 12 heteroatoms. The van der Waals surface area contributed by atoms with Gasteiger partial charge in [-0.15, -0.1) is 0 Å². The van der Waals surface area contributed by atoms with E-state index >= 15 is 0 Å². The number of methoxy groups -OCH3 is 1. The number of amides is 3. The van der Waals surface area contributed by atoms with Gasteiger partial charge in [-0.25, -0.2) is 4.98 Å². The third kappa shape index (κ3) is 11.1. The Morgan fingerprint density at radius 3 is 2.34 bits per heavy atom. The van der Waals surface area contributed by atoms with E-state index in [-0.39, 0.29) is 29.5 Å². The first-order valence-electron chi connectivity index (χ1n) is 20.5. The minimum absolute atomic E-state index is 0.0124. The Morgan fingerprint density at radius 2 is 1.72 bits per heavy atom. The summed E-state index contributed by atoms with van der Waals surface area (Å²) < 4.78 is 5.92. The van der Waals surface area contributed by atoms with Crippen LogP contribution in [0.3, 0.4) is 0 Å². The zero-order valence-corrected chi connectivity index (χ0v) is 37.2. The fourth-order valence-electron chi connectivity index (χ4n) is 6.94. The Balaban J connectivity index is 0.00000141. The van der Waals surface area contributed by atoms with Gasteiger partial charge in [0.1, 0.15) is 11.4 Å². The van der Waals surface area contributed by atoms with E-state index in [9.17, 15) is 14.4 Å². The molecule has 3 unspecified atom stereocenters. The van der Waals surface area contributed by atoms with E-state index in [0.29, 0.717) is 29.0 Å². The first kappa shape index (κ1) is 47.7. The number of anilines is 1. The summed E-state index contributed by atoms with van der Waals surface area (Å²) in [5, 5.41) is 14.6. The number of carbonyl (C=O) groups is 3. The summed E-state index contributed by atoms with van der Waals surface area (Å²) in [4.78, 5) is 49.0. The van der Waals surface area contributed by atoms with Crippen molar-refractivity contribution in [1.82, 2.24) is 25.0 Å². The van der Waals surface area contributed by atoms with Gasteiger partial charge in [-0.2, -0.15) is 0 Å². The first-order valence-corrected chi connectivity index (χ1v) is 20.9. The SMILES string of the molecule is C=C1N(C)C=C(C(=O)Nc2cccc(-c3cccc(-c4cc5c(c(OC)n4)C(N(C)CCC(CC)NC(=O)C(C)CC)CC5)c3Cl)c2C)C(=O)N1C.CC.CCCO. The van der Waals surface area contributed by atoms with Crippen molar-refractivity contribution in [3.8, 4) is 28.3 Å². The Kier molecular flexibility index (Phi) is 18.4. The van der Waals surface area contributed by atoms with E-state index in [0.717, 1.165) is 78.6 Å². The van der Waals surface area contributed by atoms with Gasteiger partial charge in [-0.1, -0.05) is 90.1 Å². The lowest BCUT2D eigenvalue weighted by Gasteiger charge is -2.31. The number of benzene rings is 2. The molecule has 2 aliphatic rings. The highest BCUT2D eigenvalue weighted by atomic mass is 35.5. The molecule has 2 aromatic carbocycles. The maximum Gasteiger partial charge on any atom is 0.266 e. The molecule has 1 aliphatic carbocycles. The van der Waals surface area contributed by atoms with Gasteiger partial charge in [0.15, 0.2) is 0 Å². The molecule has 1 aliphatic heterocycles. The molecule has 58 heavy (non-hydrogen) atoms. The maximum absolute atomic E-state index is 13.3. The second-order valence-electron chi connectivity index (χ2n) is 14.6. The number of aromatic nitrogens is 1. The number of fused-ring (bicyclic) bond motifs is 1. The topological polar surface area (TPSA) is 127 Å². The monoisotopic (exact) mass is 816 g/mol. The van der Waals surface area contributed by atoms with Crippen molar-refractivity contribution in [1.29, 1.82) is 0 Å². The number of nitrogens with one attached hydrogen (secondary N) is 2. The number of aryl methyl sites for hydroxylation is 1. The molecule has 3 atom stereocenters. The summed E-state index contributed by atoms with van der Waals surface area (Å²) in [6.07, 6.45) is 6.77. The van der Waals surface area contributed by atoms with Crippen molar-refractivity contribution >= 4 is 35.0 Å². The van der Waals surface area contributed by atoms with Crippen LogP contribution >= 0.6 is 11.6 Å². The van der Waals surface area contributed by atoms with Crippen LogP contribution in [0.15, 0.2) is 66.6 Å². The molecule has 0 fully saturated rings. The fourth-order valence-corrected chi connectivity index (χ4v) is 7.27. The summed E-state index contributed by atoms with van der Waals surface area (Å²) in [6.45, 7) is 19.0. The van der Waals surface area contributed by atoms with E-state index in [1.165, 1.54) is 16.7 Å². The number of hydrogen-bond acceptors (Lipinski definition) is 8. The molecule has 11 nitrogen and oxygen atoms in total. The van der Waals surface area contributed by atoms with Crippen molar-refractivity contribution in [2.75, 3.05) is 46.7 Å². The van der Waals surface area contributed by atoms with Crippen molar-refractivity contribution in [3.63, 3.8) is 0 Å². The van der Waals surface area contributed by atoms with Crippen LogP contribution in [-0.2, 0) is 20.8 Å². The van der Waals surface area contributed by atoms with E-state index in [4.69, 9.17) is 26.4 Å². The largest absolute Gasteiger partial charge is 0.481 e. The summed E-state index contributed by atoms with van der Waals surface area (Å²) in [7, 11) is 7.12. The number of ether oxygens (including phenoxy) is 1. The van der Waals surface area contributed by atoms with Gasteiger partial charge in [-0.05, 0) is 81.3 Å². The highest BCUT2D eigenvalue weighted by Crippen LogP contribution is 2.44. The third-order valence-electron chi connectivity index (χ3n) is 10.9. The van der Waals surface area contributed by atoms with Crippen LogP contribution in [0.4, 0.5) is 5.69 Å². The van der Waals surface area contributed by atoms with Crippen LogP contribution in [0.5, 0.6) is 5.88 Å². The lowest BCUT2D eigenvalue weighted by molar-refractivity contribution is -0.128. The highest BCUT2D eigenvalue weighted by molar-refractivity contribution is 6.36. The van der Waals surface area contributed by atoms with E-state index in [1.54, 1.807) is 32.2 Å². The molecule has 316 valence electrons. The smallest absolute Gasteiger partial charge is 0.266 e. The summed E-state index contributed by atoms with van der Waals surface area (Å²) >= 11 is 7.19. The Labute approximate surface area is 351 Å². The molecule has 3 aromatic rings. The number of pyridine rings is 1. The number of aliphatic hydroxyl groups is 1. The van der Waals surface area contributed by atoms with Crippen LogP contribution < -0.4 is 15.4 Å². The van der Waals surface area contributed by atoms with E-state index < -0.39 is 11.8 Å². The number of nitrogens with zero attached hydrogens (tertiary/aromatic N) is 4. The number of carbonyl (C=O) groups excluding carboxylic acids is 3. The molecule has 3 N–H and O–H groups in total. The molecule has 5 rings (SSSR count). The van der Waals surface area contributed by atoms with Gasteiger partial charge < -0.3 is 25.4 Å². The van der Waals surface area contributed by atoms with Crippen LogP contribution in [0.25, 0.3) is 22.4 Å². The van der Waals surface area contributed by atoms with Gasteiger partial charge in [0.05, 0.1) is 17.8 Å². The number of aliphatic hydroxyl groups excluding tert-OH is 1. The molecule has 0 saturated heterocycles. The Hall–Kier alpha value is -4.71. The van der Waals surface area contributed by atoms with E-state index in [2.05, 4.69) is 42.2 Å². The average molecular weight is 818 g/mol. The maximum atomic E-state index is 13.3. The van der Waals surface area contributed by atoms with Crippen molar-refractivity contribution in [3.05, 3.63) is 88.4 Å². The number of rotatable bonds is 14. The lowest BCUT2D eigenvalue weighted by atomic mass is 9.96. The summed E-state index contributed by atoms with van der Waals surface area (Å²) in [6, 6.07) is 13.9.